The minimum absolute atomic E-state index is 0.0835. The average molecular weight is 451 g/mol. The third-order valence-corrected chi connectivity index (χ3v) is 6.82. The molecule has 1 aliphatic rings. The number of carbonyl (C=O) groups excluding carboxylic acids is 1. The molecule has 3 aromatic carbocycles. The van der Waals surface area contributed by atoms with Crippen LogP contribution in [0.5, 0.6) is 0 Å². The predicted molar refractivity (Wildman–Crippen MR) is 126 cm³/mol. The highest BCUT2D eigenvalue weighted by molar-refractivity contribution is 8.03. The summed E-state index contributed by atoms with van der Waals surface area (Å²) in [6.45, 7) is 0. The number of esters is 1. The summed E-state index contributed by atoms with van der Waals surface area (Å²) in [5.41, 5.74) is 2.15. The van der Waals surface area contributed by atoms with Crippen LogP contribution in [0.3, 0.4) is 0 Å². The minimum Gasteiger partial charge on any atom is -0.511 e. The summed E-state index contributed by atoms with van der Waals surface area (Å²) in [4.78, 5) is 13.3. The Kier molecular flexibility index (Phi) is 6.69. The fourth-order valence-electron chi connectivity index (χ4n) is 3.83. The van der Waals surface area contributed by atoms with Gasteiger partial charge in [-0.2, -0.15) is 0 Å². The molecular weight excluding hydrogens is 428 g/mol. The van der Waals surface area contributed by atoms with E-state index in [0.717, 1.165) is 17.5 Å². The number of aliphatic hydroxyl groups is 1. The number of cyclic esters (lactones) is 1. The number of aliphatic hydroxyl groups excluding tert-OH is 1. The van der Waals surface area contributed by atoms with E-state index in [0.29, 0.717) is 17.2 Å². The first-order valence-corrected chi connectivity index (χ1v) is 11.5. The summed E-state index contributed by atoms with van der Waals surface area (Å²) in [6, 6.07) is 27.3. The highest BCUT2D eigenvalue weighted by Gasteiger charge is 2.43. The molecule has 31 heavy (non-hydrogen) atoms. The molecule has 0 aliphatic carbocycles. The molecule has 1 unspecified atom stereocenters. The van der Waals surface area contributed by atoms with Crippen LogP contribution in [0.4, 0.5) is 0 Å². The number of halogens is 1. The van der Waals surface area contributed by atoms with E-state index in [1.165, 1.54) is 17.3 Å². The lowest BCUT2D eigenvalue weighted by molar-refractivity contribution is -0.160. The summed E-state index contributed by atoms with van der Waals surface area (Å²) in [5.74, 6) is 0.130. The van der Waals surface area contributed by atoms with Crippen molar-refractivity contribution in [1.29, 1.82) is 0 Å². The summed E-state index contributed by atoms with van der Waals surface area (Å²) in [7, 11) is 0. The number of carbonyl (C=O) groups is 1. The van der Waals surface area contributed by atoms with Crippen molar-refractivity contribution in [3.63, 3.8) is 0 Å². The number of benzene rings is 3. The molecule has 1 N–H and O–H groups in total. The Morgan fingerprint density at radius 3 is 2.29 bits per heavy atom. The normalized spacial score (nSPS) is 18.7. The monoisotopic (exact) mass is 450 g/mol. The number of aryl methyl sites for hydroxylation is 1. The quantitative estimate of drug-likeness (QED) is 0.401. The van der Waals surface area contributed by atoms with E-state index in [9.17, 15) is 9.90 Å². The van der Waals surface area contributed by atoms with Crippen LogP contribution in [0.1, 0.15) is 29.5 Å². The van der Waals surface area contributed by atoms with Crippen LogP contribution in [0.2, 0.25) is 5.02 Å². The molecule has 0 amide bonds. The predicted octanol–water partition coefficient (Wildman–Crippen LogP) is 6.82. The maximum Gasteiger partial charge on any atom is 0.348 e. The lowest BCUT2D eigenvalue weighted by atomic mass is 9.82. The molecule has 1 atom stereocenters. The van der Waals surface area contributed by atoms with E-state index < -0.39 is 11.6 Å². The third kappa shape index (κ3) is 5.15. The first kappa shape index (κ1) is 21.5. The number of rotatable bonds is 7. The van der Waals surface area contributed by atoms with Crippen LogP contribution in [-0.4, -0.2) is 11.1 Å². The van der Waals surface area contributed by atoms with Gasteiger partial charge in [0.05, 0.1) is 6.42 Å². The van der Waals surface area contributed by atoms with Gasteiger partial charge in [-0.3, -0.25) is 0 Å². The van der Waals surface area contributed by atoms with Crippen molar-refractivity contribution >= 4 is 29.3 Å². The molecular formula is C26H23ClO3S. The fourth-order valence-corrected chi connectivity index (χ4v) is 4.93. The van der Waals surface area contributed by atoms with Crippen LogP contribution in [-0.2, 0) is 27.3 Å². The van der Waals surface area contributed by atoms with Gasteiger partial charge in [0.15, 0.2) is 0 Å². The van der Waals surface area contributed by atoms with E-state index >= 15 is 0 Å². The van der Waals surface area contributed by atoms with Crippen molar-refractivity contribution in [1.82, 2.24) is 0 Å². The molecule has 1 aliphatic heterocycles. The molecule has 5 heteroatoms. The molecule has 0 saturated heterocycles. The molecule has 3 nitrogen and oxygen atoms in total. The van der Waals surface area contributed by atoms with Crippen LogP contribution >= 0.6 is 23.4 Å². The minimum atomic E-state index is -0.890. The summed E-state index contributed by atoms with van der Waals surface area (Å²) in [6.07, 6.45) is 1.58. The van der Waals surface area contributed by atoms with Crippen molar-refractivity contribution in [2.75, 3.05) is 0 Å². The van der Waals surface area contributed by atoms with Crippen LogP contribution in [0, 0.1) is 0 Å². The van der Waals surface area contributed by atoms with Gasteiger partial charge in [0, 0.05) is 10.8 Å². The van der Waals surface area contributed by atoms with Crippen LogP contribution < -0.4 is 0 Å². The van der Waals surface area contributed by atoms with Gasteiger partial charge >= 0.3 is 5.97 Å². The van der Waals surface area contributed by atoms with Crippen molar-refractivity contribution in [3.8, 4) is 0 Å². The second kappa shape index (κ2) is 9.63. The Labute approximate surface area is 191 Å². The summed E-state index contributed by atoms with van der Waals surface area (Å²) in [5, 5.41) is 11.5. The zero-order valence-corrected chi connectivity index (χ0v) is 18.5. The molecule has 0 aromatic heterocycles. The van der Waals surface area contributed by atoms with Crippen molar-refractivity contribution in [2.24, 2.45) is 0 Å². The van der Waals surface area contributed by atoms with Gasteiger partial charge in [-0.05, 0) is 41.7 Å². The maximum absolute atomic E-state index is 13.0. The van der Waals surface area contributed by atoms with Gasteiger partial charge in [-0.25, -0.2) is 4.79 Å². The van der Waals surface area contributed by atoms with Crippen molar-refractivity contribution < 1.29 is 14.6 Å². The number of hydrogen-bond donors (Lipinski definition) is 1. The molecule has 0 radical (unpaired) electrons. The molecule has 1 heterocycles. The van der Waals surface area contributed by atoms with E-state index in [-0.39, 0.29) is 17.1 Å². The zero-order chi connectivity index (χ0) is 21.7. The number of thioether (sulfide) groups is 1. The molecule has 0 saturated carbocycles. The van der Waals surface area contributed by atoms with Gasteiger partial charge in [-0.15, -0.1) is 11.8 Å². The summed E-state index contributed by atoms with van der Waals surface area (Å²) >= 11 is 7.33. The van der Waals surface area contributed by atoms with Crippen molar-refractivity contribution in [3.05, 3.63) is 117 Å². The smallest absolute Gasteiger partial charge is 0.348 e. The lowest BCUT2D eigenvalue weighted by Crippen LogP contribution is -2.38. The molecule has 0 bridgehead atoms. The van der Waals surface area contributed by atoms with E-state index in [4.69, 9.17) is 16.3 Å². The third-order valence-electron chi connectivity index (χ3n) is 5.42. The highest BCUT2D eigenvalue weighted by atomic mass is 35.5. The lowest BCUT2D eigenvalue weighted by Gasteiger charge is -2.37. The van der Waals surface area contributed by atoms with Gasteiger partial charge < -0.3 is 9.84 Å². The van der Waals surface area contributed by atoms with Crippen LogP contribution in [0.15, 0.2) is 95.6 Å². The Morgan fingerprint density at radius 2 is 1.61 bits per heavy atom. The highest BCUT2D eigenvalue weighted by Crippen LogP contribution is 2.44. The number of ether oxygens (including phenoxy) is 1. The molecule has 0 spiro atoms. The molecule has 158 valence electrons. The summed E-state index contributed by atoms with van der Waals surface area (Å²) < 4.78 is 6.07. The van der Waals surface area contributed by atoms with Gasteiger partial charge in [0.2, 0.25) is 0 Å². The van der Waals surface area contributed by atoms with Crippen molar-refractivity contribution in [2.45, 2.75) is 30.6 Å². The Morgan fingerprint density at radius 1 is 0.935 bits per heavy atom. The maximum atomic E-state index is 13.0. The Bertz CT molecular complexity index is 1080. The molecule has 3 aromatic rings. The Balaban J connectivity index is 1.58. The second-order valence-corrected chi connectivity index (χ2v) is 9.03. The van der Waals surface area contributed by atoms with E-state index in [1.54, 1.807) is 0 Å². The fraction of sp³-hybridized carbons (Fsp3) is 0.192. The SMILES string of the molecule is O=C1OC(CCc2ccccc2)(c2ccccc2)CC(O)=C1SCc1cccc(Cl)c1. The second-order valence-electron chi connectivity index (χ2n) is 7.61. The van der Waals surface area contributed by atoms with Gasteiger partial charge in [0.25, 0.3) is 0 Å². The van der Waals surface area contributed by atoms with Crippen LogP contribution in [0.25, 0.3) is 0 Å². The van der Waals surface area contributed by atoms with E-state index in [2.05, 4.69) is 12.1 Å². The van der Waals surface area contributed by atoms with Gasteiger partial charge in [-0.1, -0.05) is 84.4 Å². The first-order chi connectivity index (χ1) is 15.1. The molecule has 0 fully saturated rings. The standard InChI is InChI=1S/C26H23ClO3S/c27-22-13-7-10-20(16-22)18-31-24-23(28)17-26(30-25(24)29,21-11-5-2-6-12-21)15-14-19-8-3-1-4-9-19/h1-13,16,28H,14-15,17-18H2. The zero-order valence-electron chi connectivity index (χ0n) is 17.0. The van der Waals surface area contributed by atoms with E-state index in [1.807, 2.05) is 72.8 Å². The topological polar surface area (TPSA) is 46.5 Å². The average Bonchev–Trinajstić information content (AvgIpc) is 2.78. The molecule has 4 rings (SSSR count). The largest absolute Gasteiger partial charge is 0.511 e. The van der Waals surface area contributed by atoms with Gasteiger partial charge in [0.1, 0.15) is 16.3 Å². The Hall–Kier alpha value is -2.69. The first-order valence-electron chi connectivity index (χ1n) is 10.2. The number of hydrogen-bond acceptors (Lipinski definition) is 4.